The molecular formula is C26H32FN5O2. The van der Waals surface area contributed by atoms with Crippen molar-refractivity contribution in [2.75, 3.05) is 25.0 Å². The first-order chi connectivity index (χ1) is 16.7. The van der Waals surface area contributed by atoms with Crippen molar-refractivity contribution in [3.05, 3.63) is 48.1 Å². The molecule has 0 amide bonds. The number of aromatic nitrogens is 3. The second-order valence-electron chi connectivity index (χ2n) is 9.51. The Bertz CT molecular complexity index is 1080. The van der Waals surface area contributed by atoms with Crippen LogP contribution < -0.4 is 5.32 Å². The van der Waals surface area contributed by atoms with Crippen LogP contribution in [0.5, 0.6) is 0 Å². The fourth-order valence-corrected chi connectivity index (χ4v) is 5.14. The molecule has 1 atom stereocenters. The lowest BCUT2D eigenvalue weighted by Gasteiger charge is -2.31. The van der Waals surface area contributed by atoms with Crippen molar-refractivity contribution in [2.24, 2.45) is 5.92 Å². The molecule has 2 fully saturated rings. The van der Waals surface area contributed by atoms with Crippen molar-refractivity contribution in [1.82, 2.24) is 20.0 Å². The number of benzene rings is 1. The zero-order chi connectivity index (χ0) is 23.3. The largest absolute Gasteiger partial charge is 0.396 e. The Morgan fingerprint density at radius 2 is 1.88 bits per heavy atom. The molecule has 180 valence electrons. The average molecular weight is 466 g/mol. The summed E-state index contributed by atoms with van der Waals surface area (Å²) >= 11 is 0. The summed E-state index contributed by atoms with van der Waals surface area (Å²) < 4.78 is 19.5. The first kappa shape index (κ1) is 22.9. The van der Waals surface area contributed by atoms with Gasteiger partial charge in [-0.2, -0.15) is 0 Å². The van der Waals surface area contributed by atoms with Crippen LogP contribution in [0.4, 0.5) is 10.3 Å². The summed E-state index contributed by atoms with van der Waals surface area (Å²) in [5.41, 5.74) is 2.97. The lowest BCUT2D eigenvalue weighted by molar-refractivity contribution is 0.108. The highest BCUT2D eigenvalue weighted by molar-refractivity contribution is 5.80. The van der Waals surface area contributed by atoms with Gasteiger partial charge in [0.05, 0.1) is 17.8 Å². The van der Waals surface area contributed by atoms with Gasteiger partial charge in [-0.15, -0.1) is 0 Å². The molecule has 2 N–H and O–H groups in total. The number of aliphatic hydroxyl groups is 1. The minimum Gasteiger partial charge on any atom is -0.396 e. The molecule has 2 aliphatic rings. The monoisotopic (exact) mass is 465 g/mol. The summed E-state index contributed by atoms with van der Waals surface area (Å²) in [6.45, 7) is 2.54. The summed E-state index contributed by atoms with van der Waals surface area (Å²) in [5, 5.41) is 17.5. The van der Waals surface area contributed by atoms with E-state index >= 15 is 0 Å². The van der Waals surface area contributed by atoms with Gasteiger partial charge in [-0.05, 0) is 68.5 Å². The molecule has 5 rings (SSSR count). The molecular weight excluding hydrogens is 433 g/mol. The molecule has 34 heavy (non-hydrogen) atoms. The maximum Gasteiger partial charge on any atom is 0.223 e. The van der Waals surface area contributed by atoms with E-state index in [9.17, 15) is 9.50 Å². The van der Waals surface area contributed by atoms with Gasteiger partial charge in [0.1, 0.15) is 11.5 Å². The third-order valence-electron chi connectivity index (χ3n) is 6.96. The Hall–Kier alpha value is -2.84. The number of likely N-dealkylation sites (tertiary alicyclic amines) is 1. The molecule has 1 saturated heterocycles. The molecule has 1 aliphatic heterocycles. The number of aliphatic hydroxyl groups excluding tert-OH is 1. The van der Waals surface area contributed by atoms with E-state index in [1.165, 1.54) is 31.4 Å². The van der Waals surface area contributed by atoms with E-state index in [-0.39, 0.29) is 18.3 Å². The van der Waals surface area contributed by atoms with E-state index in [0.29, 0.717) is 24.2 Å². The molecule has 8 heteroatoms. The lowest BCUT2D eigenvalue weighted by atomic mass is 9.96. The van der Waals surface area contributed by atoms with Crippen LogP contribution in [0.15, 0.2) is 41.1 Å². The van der Waals surface area contributed by atoms with Crippen LogP contribution in [0.3, 0.4) is 0 Å². The van der Waals surface area contributed by atoms with E-state index < -0.39 is 0 Å². The van der Waals surface area contributed by atoms with E-state index in [1.54, 1.807) is 18.3 Å². The molecule has 1 saturated carbocycles. The standard InChI is InChI=1S/C26H32FN5O2/c27-20-10-8-19(9-11-20)25-24(23(34-31-25)16-32-14-4-5-18(15-32)17-33)22-12-13-28-26(30-22)29-21-6-2-1-3-7-21/h8-13,18,21,33H,1-7,14-17H2,(H,28,29,30)/t18-/m1/s1. The van der Waals surface area contributed by atoms with Crippen molar-refractivity contribution in [3.63, 3.8) is 0 Å². The molecule has 7 nitrogen and oxygen atoms in total. The minimum absolute atomic E-state index is 0.197. The van der Waals surface area contributed by atoms with Crippen LogP contribution in [0.2, 0.25) is 0 Å². The van der Waals surface area contributed by atoms with Crippen LogP contribution in [0.25, 0.3) is 22.5 Å². The van der Waals surface area contributed by atoms with Crippen molar-refractivity contribution in [3.8, 4) is 22.5 Å². The van der Waals surface area contributed by atoms with E-state index in [1.807, 2.05) is 6.07 Å². The third-order valence-corrected chi connectivity index (χ3v) is 6.96. The predicted molar refractivity (Wildman–Crippen MR) is 129 cm³/mol. The molecule has 0 radical (unpaired) electrons. The number of halogens is 1. The van der Waals surface area contributed by atoms with E-state index in [4.69, 9.17) is 9.51 Å². The van der Waals surface area contributed by atoms with Gasteiger partial charge in [0.15, 0.2) is 5.76 Å². The van der Waals surface area contributed by atoms with Crippen molar-refractivity contribution in [2.45, 2.75) is 57.5 Å². The molecule has 0 spiro atoms. The quantitative estimate of drug-likeness (QED) is 0.514. The summed E-state index contributed by atoms with van der Waals surface area (Å²) in [4.78, 5) is 11.6. The van der Waals surface area contributed by atoms with Crippen LogP contribution in [-0.4, -0.2) is 50.9 Å². The first-order valence-corrected chi connectivity index (χ1v) is 12.4. The highest BCUT2D eigenvalue weighted by Crippen LogP contribution is 2.35. The maximum absolute atomic E-state index is 13.6. The van der Waals surface area contributed by atoms with Gasteiger partial charge >= 0.3 is 0 Å². The van der Waals surface area contributed by atoms with Crippen LogP contribution in [0, 0.1) is 11.7 Å². The number of hydrogen-bond donors (Lipinski definition) is 2. The Morgan fingerprint density at radius 3 is 2.68 bits per heavy atom. The number of rotatable bonds is 7. The lowest BCUT2D eigenvalue weighted by Crippen LogP contribution is -2.36. The van der Waals surface area contributed by atoms with Crippen molar-refractivity contribution in [1.29, 1.82) is 0 Å². The highest BCUT2D eigenvalue weighted by Gasteiger charge is 2.26. The normalized spacial score (nSPS) is 19.9. The molecule has 2 aromatic heterocycles. The summed E-state index contributed by atoms with van der Waals surface area (Å²) in [6, 6.07) is 8.56. The van der Waals surface area contributed by atoms with E-state index in [2.05, 4.69) is 20.4 Å². The van der Waals surface area contributed by atoms with Gasteiger partial charge in [-0.1, -0.05) is 24.4 Å². The van der Waals surface area contributed by atoms with Gasteiger partial charge in [0.2, 0.25) is 5.95 Å². The Labute approximate surface area is 199 Å². The summed E-state index contributed by atoms with van der Waals surface area (Å²) in [6.07, 6.45) is 9.86. The van der Waals surface area contributed by atoms with E-state index in [0.717, 1.165) is 61.4 Å². The zero-order valence-electron chi connectivity index (χ0n) is 19.4. The SMILES string of the molecule is OC[C@@H]1CCCN(Cc2onc(-c3ccc(F)cc3)c2-c2ccnc(NC3CCCCC3)n2)C1. The fraction of sp³-hybridized carbons (Fsp3) is 0.500. The minimum atomic E-state index is -0.293. The maximum atomic E-state index is 13.6. The second-order valence-corrected chi connectivity index (χ2v) is 9.51. The summed E-state index contributed by atoms with van der Waals surface area (Å²) in [7, 11) is 0. The molecule has 3 aromatic rings. The van der Waals surface area contributed by atoms with Gasteiger partial charge in [0, 0.05) is 31.0 Å². The fourth-order valence-electron chi connectivity index (χ4n) is 5.14. The van der Waals surface area contributed by atoms with Crippen LogP contribution in [0.1, 0.15) is 50.7 Å². The van der Waals surface area contributed by atoms with Crippen molar-refractivity contribution < 1.29 is 14.0 Å². The van der Waals surface area contributed by atoms with Crippen LogP contribution >= 0.6 is 0 Å². The Balaban J connectivity index is 1.48. The number of piperidine rings is 1. The highest BCUT2D eigenvalue weighted by atomic mass is 19.1. The van der Waals surface area contributed by atoms with Gasteiger partial charge in [-0.3, -0.25) is 4.90 Å². The third kappa shape index (κ3) is 5.28. The van der Waals surface area contributed by atoms with Gasteiger partial charge < -0.3 is 14.9 Å². The molecule has 0 unspecified atom stereocenters. The number of hydrogen-bond acceptors (Lipinski definition) is 7. The number of anilines is 1. The second kappa shape index (κ2) is 10.6. The first-order valence-electron chi connectivity index (χ1n) is 12.4. The predicted octanol–water partition coefficient (Wildman–Crippen LogP) is 4.89. The number of nitrogens with zero attached hydrogens (tertiary/aromatic N) is 4. The molecule has 1 aromatic carbocycles. The summed E-state index contributed by atoms with van der Waals surface area (Å²) in [5.74, 6) is 1.32. The van der Waals surface area contributed by atoms with Crippen LogP contribution in [-0.2, 0) is 6.54 Å². The number of nitrogens with one attached hydrogen (secondary N) is 1. The molecule has 1 aliphatic carbocycles. The topological polar surface area (TPSA) is 87.3 Å². The Morgan fingerprint density at radius 1 is 1.06 bits per heavy atom. The van der Waals surface area contributed by atoms with Gasteiger partial charge in [-0.25, -0.2) is 14.4 Å². The zero-order valence-corrected chi connectivity index (χ0v) is 19.4. The van der Waals surface area contributed by atoms with Crippen molar-refractivity contribution >= 4 is 5.95 Å². The average Bonchev–Trinajstić information content (AvgIpc) is 3.29. The Kier molecular flexibility index (Phi) is 7.16. The molecule has 3 heterocycles. The van der Waals surface area contributed by atoms with Gasteiger partial charge in [0.25, 0.3) is 0 Å². The molecule has 0 bridgehead atoms. The smallest absolute Gasteiger partial charge is 0.223 e.